The van der Waals surface area contributed by atoms with Gasteiger partial charge in [-0.1, -0.05) is 19.1 Å². The summed E-state index contributed by atoms with van der Waals surface area (Å²) < 4.78 is 27.7. The molecule has 2 N–H and O–H groups in total. The lowest BCUT2D eigenvalue weighted by Gasteiger charge is -2.27. The van der Waals surface area contributed by atoms with Crippen molar-refractivity contribution < 1.29 is 8.42 Å². The van der Waals surface area contributed by atoms with Gasteiger partial charge in [0.15, 0.2) is 0 Å². The van der Waals surface area contributed by atoms with E-state index in [1.807, 2.05) is 32.9 Å². The van der Waals surface area contributed by atoms with Gasteiger partial charge in [0.25, 0.3) is 0 Å². The molecular weight excluding hydrogens is 272 g/mol. The molecule has 1 heterocycles. The van der Waals surface area contributed by atoms with E-state index < -0.39 is 10.0 Å². The van der Waals surface area contributed by atoms with Gasteiger partial charge in [0.2, 0.25) is 10.0 Å². The molecule has 2 atom stereocenters. The van der Waals surface area contributed by atoms with Crippen molar-refractivity contribution >= 4 is 10.0 Å². The van der Waals surface area contributed by atoms with E-state index in [9.17, 15) is 8.42 Å². The van der Waals surface area contributed by atoms with Crippen molar-refractivity contribution in [2.45, 2.75) is 63.6 Å². The Morgan fingerprint density at radius 1 is 1.35 bits per heavy atom. The third-order valence-electron chi connectivity index (χ3n) is 4.23. The molecule has 0 radical (unpaired) electrons. The third kappa shape index (κ3) is 2.62. The van der Waals surface area contributed by atoms with Crippen molar-refractivity contribution in [1.29, 1.82) is 0 Å². The Kier molecular flexibility index (Phi) is 4.52. The average molecular weight is 296 g/mol. The average Bonchev–Trinajstić information content (AvgIpc) is 2.81. The van der Waals surface area contributed by atoms with Crippen LogP contribution in [-0.2, 0) is 16.6 Å². The highest BCUT2D eigenvalue weighted by molar-refractivity contribution is 7.89. The predicted molar refractivity (Wildman–Crippen MR) is 80.9 cm³/mol. The molecule has 0 bridgehead atoms. The van der Waals surface area contributed by atoms with Crippen molar-refractivity contribution in [3.05, 3.63) is 29.3 Å². The Balaban J connectivity index is 2.49. The molecule has 0 aliphatic carbocycles. The van der Waals surface area contributed by atoms with Crippen LogP contribution in [-0.4, -0.2) is 24.8 Å². The SMILES string of the molecule is CCC1CCC(C)N1S(=O)(=O)c1cc(CN)ccc1C. The van der Waals surface area contributed by atoms with E-state index in [0.29, 0.717) is 11.4 Å². The van der Waals surface area contributed by atoms with Crippen LogP contribution in [0.3, 0.4) is 0 Å². The Hall–Kier alpha value is -0.910. The van der Waals surface area contributed by atoms with Gasteiger partial charge >= 0.3 is 0 Å². The van der Waals surface area contributed by atoms with Crippen LogP contribution in [0.2, 0.25) is 0 Å². The minimum Gasteiger partial charge on any atom is -0.326 e. The molecule has 4 nitrogen and oxygen atoms in total. The number of nitrogens with zero attached hydrogens (tertiary/aromatic N) is 1. The molecule has 0 spiro atoms. The maximum Gasteiger partial charge on any atom is 0.243 e. The number of hydrogen-bond acceptors (Lipinski definition) is 3. The number of rotatable bonds is 4. The third-order valence-corrected chi connectivity index (χ3v) is 6.44. The molecule has 1 saturated heterocycles. The normalized spacial score (nSPS) is 24.2. The maximum absolute atomic E-state index is 13.0. The lowest BCUT2D eigenvalue weighted by atomic mass is 10.1. The summed E-state index contributed by atoms with van der Waals surface area (Å²) in [7, 11) is -3.43. The van der Waals surface area contributed by atoms with E-state index >= 15 is 0 Å². The second-order valence-corrected chi connectivity index (χ2v) is 7.44. The molecule has 1 aliphatic heterocycles. The van der Waals surface area contributed by atoms with Crippen LogP contribution in [0.1, 0.15) is 44.2 Å². The van der Waals surface area contributed by atoms with Crippen LogP contribution in [0.25, 0.3) is 0 Å². The summed E-state index contributed by atoms with van der Waals surface area (Å²) in [6.07, 6.45) is 2.75. The number of aryl methyl sites for hydroxylation is 1. The Morgan fingerprint density at radius 3 is 2.65 bits per heavy atom. The summed E-state index contributed by atoms with van der Waals surface area (Å²) in [4.78, 5) is 0.410. The number of nitrogens with two attached hydrogens (primary N) is 1. The molecule has 1 aromatic rings. The van der Waals surface area contributed by atoms with E-state index in [2.05, 4.69) is 0 Å². The van der Waals surface area contributed by atoms with Crippen molar-refractivity contribution in [2.75, 3.05) is 0 Å². The largest absolute Gasteiger partial charge is 0.326 e. The highest BCUT2D eigenvalue weighted by Gasteiger charge is 2.39. The van der Waals surface area contributed by atoms with Crippen LogP contribution in [0.4, 0.5) is 0 Å². The molecule has 0 saturated carbocycles. The van der Waals surface area contributed by atoms with Gasteiger partial charge in [-0.25, -0.2) is 8.42 Å². The van der Waals surface area contributed by atoms with Gasteiger partial charge in [0, 0.05) is 18.6 Å². The minimum atomic E-state index is -3.43. The zero-order valence-electron chi connectivity index (χ0n) is 12.5. The predicted octanol–water partition coefficient (Wildman–Crippen LogP) is 2.41. The van der Waals surface area contributed by atoms with Crippen LogP contribution in [0.15, 0.2) is 23.1 Å². The van der Waals surface area contributed by atoms with Crippen LogP contribution >= 0.6 is 0 Å². The minimum absolute atomic E-state index is 0.0749. The first kappa shape index (κ1) is 15.5. The maximum atomic E-state index is 13.0. The molecule has 112 valence electrons. The van der Waals surface area contributed by atoms with Gasteiger partial charge in [-0.2, -0.15) is 4.31 Å². The number of benzene rings is 1. The van der Waals surface area contributed by atoms with Gasteiger partial charge < -0.3 is 5.73 Å². The molecule has 0 amide bonds. The summed E-state index contributed by atoms with van der Waals surface area (Å²) in [5.74, 6) is 0. The highest BCUT2D eigenvalue weighted by Crippen LogP contribution is 2.33. The van der Waals surface area contributed by atoms with Crippen molar-refractivity contribution in [1.82, 2.24) is 4.31 Å². The molecule has 1 aliphatic rings. The standard InChI is InChI=1S/C15H24N2O2S/c1-4-14-8-6-12(3)17(14)20(18,19)15-9-13(10-16)7-5-11(15)2/h5,7,9,12,14H,4,6,8,10,16H2,1-3H3. The molecule has 5 heteroatoms. The molecule has 1 fully saturated rings. The lowest BCUT2D eigenvalue weighted by molar-refractivity contribution is 0.328. The summed E-state index contributed by atoms with van der Waals surface area (Å²) in [6.45, 7) is 6.24. The first-order chi connectivity index (χ1) is 9.41. The fourth-order valence-corrected chi connectivity index (χ4v) is 5.26. The summed E-state index contributed by atoms with van der Waals surface area (Å²) in [5.41, 5.74) is 7.28. The second-order valence-electron chi connectivity index (χ2n) is 5.63. The van der Waals surface area contributed by atoms with Crippen LogP contribution in [0, 0.1) is 6.92 Å². The van der Waals surface area contributed by atoms with Crippen molar-refractivity contribution in [3.63, 3.8) is 0 Å². The highest BCUT2D eigenvalue weighted by atomic mass is 32.2. The van der Waals surface area contributed by atoms with Gasteiger partial charge in [0.05, 0.1) is 4.90 Å². The molecule has 0 aromatic heterocycles. The molecule has 2 unspecified atom stereocenters. The quantitative estimate of drug-likeness (QED) is 0.928. The van der Waals surface area contributed by atoms with Crippen LogP contribution < -0.4 is 5.73 Å². The zero-order chi connectivity index (χ0) is 14.9. The molecular formula is C15H24N2O2S. The summed E-state index contributed by atoms with van der Waals surface area (Å²) in [5, 5.41) is 0. The van der Waals surface area contributed by atoms with Gasteiger partial charge in [-0.05, 0) is 50.3 Å². The van der Waals surface area contributed by atoms with Crippen LogP contribution in [0.5, 0.6) is 0 Å². The topological polar surface area (TPSA) is 63.4 Å². The summed E-state index contributed by atoms with van der Waals surface area (Å²) >= 11 is 0. The van der Waals surface area contributed by atoms with E-state index in [1.54, 1.807) is 10.4 Å². The molecule has 20 heavy (non-hydrogen) atoms. The smallest absolute Gasteiger partial charge is 0.243 e. The van der Waals surface area contributed by atoms with Crippen molar-refractivity contribution in [2.24, 2.45) is 5.73 Å². The summed E-state index contributed by atoms with van der Waals surface area (Å²) in [6, 6.07) is 5.65. The van der Waals surface area contributed by atoms with Gasteiger partial charge in [0.1, 0.15) is 0 Å². The lowest BCUT2D eigenvalue weighted by Crippen LogP contribution is -2.39. The monoisotopic (exact) mass is 296 g/mol. The van der Waals surface area contributed by atoms with E-state index in [-0.39, 0.29) is 12.1 Å². The van der Waals surface area contributed by atoms with E-state index in [0.717, 1.165) is 30.4 Å². The molecule has 2 rings (SSSR count). The first-order valence-corrected chi connectivity index (χ1v) is 8.69. The van der Waals surface area contributed by atoms with Gasteiger partial charge in [-0.15, -0.1) is 0 Å². The Morgan fingerprint density at radius 2 is 2.05 bits per heavy atom. The van der Waals surface area contributed by atoms with E-state index in [4.69, 9.17) is 5.73 Å². The van der Waals surface area contributed by atoms with Gasteiger partial charge in [-0.3, -0.25) is 0 Å². The first-order valence-electron chi connectivity index (χ1n) is 7.25. The number of sulfonamides is 1. The Bertz CT molecular complexity index is 584. The fraction of sp³-hybridized carbons (Fsp3) is 0.600. The molecule has 1 aromatic carbocycles. The zero-order valence-corrected chi connectivity index (χ0v) is 13.3. The van der Waals surface area contributed by atoms with Crippen molar-refractivity contribution in [3.8, 4) is 0 Å². The number of hydrogen-bond donors (Lipinski definition) is 1. The van der Waals surface area contributed by atoms with E-state index in [1.165, 1.54) is 0 Å². The second kappa shape index (κ2) is 5.84. The fourth-order valence-electron chi connectivity index (χ4n) is 3.03. The Labute approximate surface area is 122 Å².